The van der Waals surface area contributed by atoms with Crippen LogP contribution in [0, 0.1) is 0 Å². The molecule has 0 bridgehead atoms. The molecule has 3 nitrogen and oxygen atoms in total. The van der Waals surface area contributed by atoms with Gasteiger partial charge in [-0.2, -0.15) is 0 Å². The number of aryl methyl sites for hydroxylation is 1. The van der Waals surface area contributed by atoms with E-state index in [2.05, 4.69) is 58.5 Å². The van der Waals surface area contributed by atoms with Crippen molar-refractivity contribution in [3.8, 4) is 11.5 Å². The fraction of sp³-hybridized carbons (Fsp3) is 0.368. The normalized spacial score (nSPS) is 10.4. The summed E-state index contributed by atoms with van der Waals surface area (Å²) < 4.78 is 12.3. The summed E-state index contributed by atoms with van der Waals surface area (Å²) in [5.74, 6) is 1.55. The van der Waals surface area contributed by atoms with E-state index in [1.165, 1.54) is 11.3 Å². The topological polar surface area (TPSA) is 30.5 Å². The molecule has 4 heteroatoms. The Morgan fingerprint density at radius 2 is 1.74 bits per heavy atom. The summed E-state index contributed by atoms with van der Waals surface area (Å²) in [4.78, 5) is 0. The van der Waals surface area contributed by atoms with Gasteiger partial charge < -0.3 is 14.8 Å². The number of benzene rings is 2. The summed E-state index contributed by atoms with van der Waals surface area (Å²) in [6, 6.07) is 12.5. The fourth-order valence-corrected chi connectivity index (χ4v) is 3.07. The third kappa shape index (κ3) is 4.64. The molecule has 0 saturated heterocycles. The highest BCUT2D eigenvalue weighted by molar-refractivity contribution is 9.10. The molecule has 23 heavy (non-hydrogen) atoms. The first-order valence-corrected chi connectivity index (χ1v) is 8.88. The van der Waals surface area contributed by atoms with Crippen LogP contribution in [0.15, 0.2) is 40.9 Å². The summed E-state index contributed by atoms with van der Waals surface area (Å²) in [6.07, 6.45) is 1.01. The van der Waals surface area contributed by atoms with Crippen LogP contribution in [0.2, 0.25) is 0 Å². The van der Waals surface area contributed by atoms with E-state index in [0.29, 0.717) is 13.2 Å². The molecule has 0 atom stereocenters. The quantitative estimate of drug-likeness (QED) is 0.665. The van der Waals surface area contributed by atoms with Crippen LogP contribution in [0.25, 0.3) is 0 Å². The first-order valence-electron chi connectivity index (χ1n) is 8.09. The van der Waals surface area contributed by atoms with Crippen molar-refractivity contribution >= 4 is 21.6 Å². The molecule has 0 radical (unpaired) electrons. The van der Waals surface area contributed by atoms with Crippen molar-refractivity contribution in [1.29, 1.82) is 0 Å². The highest BCUT2D eigenvalue weighted by Crippen LogP contribution is 2.37. The van der Waals surface area contributed by atoms with Crippen LogP contribution in [0.4, 0.5) is 5.69 Å². The summed E-state index contributed by atoms with van der Waals surface area (Å²) in [6.45, 7) is 8.08. The van der Waals surface area contributed by atoms with Crippen LogP contribution >= 0.6 is 15.9 Å². The molecule has 0 aromatic heterocycles. The van der Waals surface area contributed by atoms with Crippen LogP contribution in [-0.4, -0.2) is 13.2 Å². The molecule has 0 spiro atoms. The van der Waals surface area contributed by atoms with Crippen LogP contribution in [0.3, 0.4) is 0 Å². The monoisotopic (exact) mass is 377 g/mol. The lowest BCUT2D eigenvalue weighted by Crippen LogP contribution is -2.04. The Hall–Kier alpha value is -1.68. The zero-order chi connectivity index (χ0) is 16.7. The van der Waals surface area contributed by atoms with E-state index in [1.54, 1.807) is 0 Å². The van der Waals surface area contributed by atoms with Gasteiger partial charge in [0.1, 0.15) is 0 Å². The van der Waals surface area contributed by atoms with Gasteiger partial charge in [0.15, 0.2) is 11.5 Å². The predicted molar refractivity (Wildman–Crippen MR) is 99.6 cm³/mol. The van der Waals surface area contributed by atoms with Crippen LogP contribution < -0.4 is 14.8 Å². The predicted octanol–water partition coefficient (Wildman–Crippen LogP) is 5.42. The third-order valence-electron chi connectivity index (χ3n) is 3.54. The zero-order valence-corrected chi connectivity index (χ0v) is 15.6. The summed E-state index contributed by atoms with van der Waals surface area (Å²) in [5, 5.41) is 3.51. The molecule has 0 fully saturated rings. The summed E-state index contributed by atoms with van der Waals surface area (Å²) in [7, 11) is 0. The first-order chi connectivity index (χ1) is 11.2. The lowest BCUT2D eigenvalue weighted by molar-refractivity contribution is 0.286. The Labute approximate surface area is 147 Å². The number of para-hydroxylation sites is 1. The maximum Gasteiger partial charge on any atom is 0.175 e. The minimum absolute atomic E-state index is 0.611. The Balaban J connectivity index is 2.19. The van der Waals surface area contributed by atoms with Gasteiger partial charge in [0.25, 0.3) is 0 Å². The largest absolute Gasteiger partial charge is 0.490 e. The number of hydrogen-bond donors (Lipinski definition) is 1. The molecular weight excluding hydrogens is 354 g/mol. The maximum absolute atomic E-state index is 5.73. The molecule has 0 aliphatic rings. The van der Waals surface area contributed by atoms with Gasteiger partial charge in [-0.3, -0.25) is 0 Å². The van der Waals surface area contributed by atoms with Crippen molar-refractivity contribution in [2.45, 2.75) is 33.7 Å². The van der Waals surface area contributed by atoms with Gasteiger partial charge in [-0.15, -0.1) is 0 Å². The lowest BCUT2D eigenvalue weighted by atomic mass is 10.1. The molecule has 0 saturated carbocycles. The number of halogens is 1. The standard InChI is InChI=1S/C19H24BrNO2/c1-4-15-9-7-8-10-17(15)21-13-14-11-16(20)19(23-6-3)18(12-14)22-5-2/h7-12,21H,4-6,13H2,1-3H3. The molecule has 1 N–H and O–H groups in total. The Kier molecular flexibility index (Phi) is 6.78. The van der Waals surface area contributed by atoms with Gasteiger partial charge in [-0.05, 0) is 65.5 Å². The number of hydrogen-bond acceptors (Lipinski definition) is 3. The second-order valence-electron chi connectivity index (χ2n) is 5.14. The SMILES string of the molecule is CCOc1cc(CNc2ccccc2CC)cc(Br)c1OCC. The second kappa shape index (κ2) is 8.82. The lowest BCUT2D eigenvalue weighted by Gasteiger charge is -2.16. The van der Waals surface area contributed by atoms with Gasteiger partial charge in [-0.25, -0.2) is 0 Å². The highest BCUT2D eigenvalue weighted by Gasteiger charge is 2.12. The van der Waals surface area contributed by atoms with E-state index >= 15 is 0 Å². The highest BCUT2D eigenvalue weighted by atomic mass is 79.9. The molecule has 0 heterocycles. The van der Waals surface area contributed by atoms with Crippen molar-refractivity contribution in [3.05, 3.63) is 52.0 Å². The first kappa shape index (κ1) is 17.7. The number of nitrogens with one attached hydrogen (secondary N) is 1. The van der Waals surface area contributed by atoms with Crippen molar-refractivity contribution < 1.29 is 9.47 Å². The average molecular weight is 378 g/mol. The van der Waals surface area contributed by atoms with Crippen molar-refractivity contribution in [3.63, 3.8) is 0 Å². The van der Waals surface area contributed by atoms with Crippen molar-refractivity contribution in [2.75, 3.05) is 18.5 Å². The molecule has 0 unspecified atom stereocenters. The van der Waals surface area contributed by atoms with E-state index in [9.17, 15) is 0 Å². The molecule has 2 aromatic carbocycles. The maximum atomic E-state index is 5.73. The molecule has 0 amide bonds. The van der Waals surface area contributed by atoms with Gasteiger partial charge in [0.2, 0.25) is 0 Å². The molecule has 124 valence electrons. The van der Waals surface area contributed by atoms with Crippen LogP contribution in [0.5, 0.6) is 11.5 Å². The van der Waals surface area contributed by atoms with Gasteiger partial charge >= 0.3 is 0 Å². The number of ether oxygens (including phenoxy) is 2. The van der Waals surface area contributed by atoms with Crippen LogP contribution in [-0.2, 0) is 13.0 Å². The molecule has 2 rings (SSSR count). The number of anilines is 1. The Bertz CT molecular complexity index is 643. The fourth-order valence-electron chi connectivity index (χ4n) is 2.47. The molecule has 2 aromatic rings. The van der Waals surface area contributed by atoms with Gasteiger partial charge in [0, 0.05) is 12.2 Å². The van der Waals surface area contributed by atoms with Crippen LogP contribution in [0.1, 0.15) is 31.9 Å². The van der Waals surface area contributed by atoms with E-state index < -0.39 is 0 Å². The van der Waals surface area contributed by atoms with E-state index in [1.807, 2.05) is 19.9 Å². The van der Waals surface area contributed by atoms with E-state index in [0.717, 1.165) is 34.5 Å². The molecular formula is C19H24BrNO2. The minimum Gasteiger partial charge on any atom is -0.490 e. The van der Waals surface area contributed by atoms with Gasteiger partial charge in [0.05, 0.1) is 17.7 Å². The minimum atomic E-state index is 0.611. The van der Waals surface area contributed by atoms with Gasteiger partial charge in [-0.1, -0.05) is 25.1 Å². The second-order valence-corrected chi connectivity index (χ2v) is 5.99. The van der Waals surface area contributed by atoms with E-state index in [-0.39, 0.29) is 0 Å². The third-order valence-corrected chi connectivity index (χ3v) is 4.13. The number of rotatable bonds is 8. The van der Waals surface area contributed by atoms with E-state index in [4.69, 9.17) is 9.47 Å². The molecule has 0 aliphatic heterocycles. The zero-order valence-electron chi connectivity index (χ0n) is 14.0. The van der Waals surface area contributed by atoms with Crippen molar-refractivity contribution in [1.82, 2.24) is 0 Å². The molecule has 0 aliphatic carbocycles. The smallest absolute Gasteiger partial charge is 0.175 e. The average Bonchev–Trinajstić information content (AvgIpc) is 2.56. The Morgan fingerprint density at radius 1 is 1.00 bits per heavy atom. The summed E-state index contributed by atoms with van der Waals surface area (Å²) >= 11 is 3.59. The van der Waals surface area contributed by atoms with Crippen molar-refractivity contribution in [2.24, 2.45) is 0 Å². The summed E-state index contributed by atoms with van der Waals surface area (Å²) in [5.41, 5.74) is 3.65. The Morgan fingerprint density at radius 3 is 2.43 bits per heavy atom.